The summed E-state index contributed by atoms with van der Waals surface area (Å²) in [5, 5.41) is 2.36. The topological polar surface area (TPSA) is 63.2 Å². The van der Waals surface area contributed by atoms with Gasteiger partial charge in [0.1, 0.15) is 0 Å². The second-order valence-corrected chi connectivity index (χ2v) is 8.69. The van der Waals surface area contributed by atoms with Gasteiger partial charge in [-0.2, -0.15) is 0 Å². The van der Waals surface area contributed by atoms with Gasteiger partial charge in [-0.1, -0.05) is 45.2 Å². The van der Waals surface area contributed by atoms with Crippen LogP contribution in [0.3, 0.4) is 0 Å². The van der Waals surface area contributed by atoms with E-state index >= 15 is 0 Å². The third-order valence-corrected chi connectivity index (χ3v) is 6.36. The molecule has 1 unspecified atom stereocenters. The number of sulfone groups is 1. The molecule has 1 rings (SSSR count). The van der Waals surface area contributed by atoms with Gasteiger partial charge in [0.15, 0.2) is 9.84 Å². The first-order valence-corrected chi connectivity index (χ1v) is 10.00. The van der Waals surface area contributed by atoms with Crippen molar-refractivity contribution in [2.45, 2.75) is 63.5 Å². The van der Waals surface area contributed by atoms with E-state index in [2.05, 4.69) is 19.2 Å². The number of amides is 1. The molecule has 4 nitrogen and oxygen atoms in total. The molecule has 0 heterocycles. The molecule has 130 valence electrons. The maximum atomic E-state index is 12.5. The minimum Gasteiger partial charge on any atom is -0.352 e. The zero-order valence-electron chi connectivity index (χ0n) is 14.6. The Balaban J connectivity index is 2.89. The van der Waals surface area contributed by atoms with Gasteiger partial charge in [-0.05, 0) is 38.3 Å². The fourth-order valence-corrected chi connectivity index (χ4v) is 3.68. The molecule has 0 saturated heterocycles. The van der Waals surface area contributed by atoms with E-state index in [1.165, 1.54) is 6.07 Å². The van der Waals surface area contributed by atoms with Crippen LogP contribution in [0.25, 0.3) is 0 Å². The second kappa shape index (κ2) is 9.06. The van der Waals surface area contributed by atoms with Gasteiger partial charge < -0.3 is 5.32 Å². The average Bonchev–Trinajstić information content (AvgIpc) is 2.54. The summed E-state index contributed by atoms with van der Waals surface area (Å²) in [5.74, 6) is 0.132. The van der Waals surface area contributed by atoms with Gasteiger partial charge in [-0.3, -0.25) is 4.79 Å². The fourth-order valence-electron chi connectivity index (χ4n) is 2.43. The van der Waals surface area contributed by atoms with E-state index in [0.29, 0.717) is 12.5 Å². The van der Waals surface area contributed by atoms with E-state index in [1.54, 1.807) is 32.0 Å². The molecule has 0 saturated carbocycles. The van der Waals surface area contributed by atoms with E-state index in [-0.39, 0.29) is 16.4 Å². The molecule has 0 bridgehead atoms. The molecule has 1 N–H and O–H groups in total. The summed E-state index contributed by atoms with van der Waals surface area (Å²) in [4.78, 5) is 12.6. The maximum Gasteiger partial charge on any atom is 0.252 e. The average molecular weight is 340 g/mol. The lowest BCUT2D eigenvalue weighted by Gasteiger charge is -2.17. The first kappa shape index (κ1) is 19.7. The van der Waals surface area contributed by atoms with Crippen LogP contribution in [0.15, 0.2) is 29.2 Å². The van der Waals surface area contributed by atoms with Crippen LogP contribution in [0, 0.1) is 5.92 Å². The predicted molar refractivity (Wildman–Crippen MR) is 94.4 cm³/mol. The number of benzene rings is 1. The Bertz CT molecular complexity index is 608. The highest BCUT2D eigenvalue weighted by atomic mass is 32.2. The van der Waals surface area contributed by atoms with E-state index < -0.39 is 15.1 Å². The SMILES string of the molecule is CCCCC(CC)CNC(=O)c1ccccc1S(=O)(=O)C(C)C. The van der Waals surface area contributed by atoms with Crippen molar-refractivity contribution in [1.29, 1.82) is 0 Å². The highest BCUT2D eigenvalue weighted by Crippen LogP contribution is 2.20. The number of hydrogen-bond acceptors (Lipinski definition) is 3. The predicted octanol–water partition coefficient (Wildman–Crippen LogP) is 3.81. The molecule has 1 atom stereocenters. The molecular formula is C18H29NO3S. The largest absolute Gasteiger partial charge is 0.352 e. The number of carbonyl (C=O) groups is 1. The van der Waals surface area contributed by atoms with Crippen LogP contribution < -0.4 is 5.32 Å². The molecule has 0 spiro atoms. The minimum absolute atomic E-state index is 0.120. The highest BCUT2D eigenvalue weighted by molar-refractivity contribution is 7.92. The second-order valence-electron chi connectivity index (χ2n) is 6.22. The summed E-state index contributed by atoms with van der Waals surface area (Å²) in [6.45, 7) is 8.11. The Morgan fingerprint density at radius 2 is 1.83 bits per heavy atom. The Labute approximate surface area is 140 Å². The summed E-state index contributed by atoms with van der Waals surface area (Å²) in [7, 11) is -3.47. The molecule has 1 amide bonds. The minimum atomic E-state index is -3.47. The van der Waals surface area contributed by atoms with Crippen molar-refractivity contribution in [1.82, 2.24) is 5.32 Å². The van der Waals surface area contributed by atoms with Gasteiger partial charge in [0.2, 0.25) is 0 Å². The van der Waals surface area contributed by atoms with Gasteiger partial charge in [0.25, 0.3) is 5.91 Å². The zero-order chi connectivity index (χ0) is 17.5. The van der Waals surface area contributed by atoms with Crippen molar-refractivity contribution in [3.63, 3.8) is 0 Å². The molecule has 0 radical (unpaired) electrons. The number of hydrogen-bond donors (Lipinski definition) is 1. The monoisotopic (exact) mass is 339 g/mol. The van der Waals surface area contributed by atoms with Crippen LogP contribution >= 0.6 is 0 Å². The van der Waals surface area contributed by atoms with Crippen LogP contribution in [-0.2, 0) is 9.84 Å². The number of nitrogens with one attached hydrogen (secondary N) is 1. The van der Waals surface area contributed by atoms with Crippen LogP contribution in [0.2, 0.25) is 0 Å². The molecule has 1 aromatic carbocycles. The lowest BCUT2D eigenvalue weighted by molar-refractivity contribution is 0.0942. The van der Waals surface area contributed by atoms with Gasteiger partial charge in [-0.25, -0.2) is 8.42 Å². The third-order valence-electron chi connectivity index (χ3n) is 4.15. The van der Waals surface area contributed by atoms with E-state index in [9.17, 15) is 13.2 Å². The van der Waals surface area contributed by atoms with Crippen LogP contribution in [0.1, 0.15) is 63.7 Å². The smallest absolute Gasteiger partial charge is 0.252 e. The molecule has 23 heavy (non-hydrogen) atoms. The molecule has 0 aliphatic rings. The van der Waals surface area contributed by atoms with Gasteiger partial charge >= 0.3 is 0 Å². The Hall–Kier alpha value is -1.36. The molecule has 0 aromatic heterocycles. The van der Waals surface area contributed by atoms with E-state index in [0.717, 1.165) is 25.7 Å². The lowest BCUT2D eigenvalue weighted by atomic mass is 9.99. The standard InChI is InChI=1S/C18H29NO3S/c1-5-7-10-15(6-2)13-19-18(20)16-11-8-9-12-17(16)23(21,22)14(3)4/h8-9,11-12,14-15H,5-7,10,13H2,1-4H3,(H,19,20). The van der Waals surface area contributed by atoms with Crippen molar-refractivity contribution in [2.24, 2.45) is 5.92 Å². The van der Waals surface area contributed by atoms with Crippen LogP contribution in [-0.4, -0.2) is 26.1 Å². The maximum absolute atomic E-state index is 12.5. The Morgan fingerprint density at radius 3 is 2.39 bits per heavy atom. The molecular weight excluding hydrogens is 310 g/mol. The highest BCUT2D eigenvalue weighted by Gasteiger charge is 2.25. The number of unbranched alkanes of at least 4 members (excludes halogenated alkanes) is 1. The normalized spacial score (nSPS) is 13.1. The van der Waals surface area contributed by atoms with Gasteiger partial charge in [0, 0.05) is 6.54 Å². The van der Waals surface area contributed by atoms with Crippen molar-refractivity contribution in [3.05, 3.63) is 29.8 Å². The lowest BCUT2D eigenvalue weighted by Crippen LogP contribution is -2.31. The Kier molecular flexibility index (Phi) is 7.76. The third kappa shape index (κ3) is 5.34. The van der Waals surface area contributed by atoms with Gasteiger partial charge in [0.05, 0.1) is 15.7 Å². The molecule has 0 aliphatic heterocycles. The van der Waals surface area contributed by atoms with Crippen molar-refractivity contribution >= 4 is 15.7 Å². The first-order chi connectivity index (χ1) is 10.8. The van der Waals surface area contributed by atoms with E-state index in [1.807, 2.05) is 0 Å². The van der Waals surface area contributed by atoms with Crippen molar-refractivity contribution < 1.29 is 13.2 Å². The summed E-state index contributed by atoms with van der Waals surface area (Å²) < 4.78 is 24.8. The molecule has 0 aliphatic carbocycles. The molecule has 0 fully saturated rings. The number of carbonyl (C=O) groups excluding carboxylic acids is 1. The number of rotatable bonds is 9. The van der Waals surface area contributed by atoms with Crippen molar-refractivity contribution in [3.8, 4) is 0 Å². The van der Waals surface area contributed by atoms with Crippen LogP contribution in [0.5, 0.6) is 0 Å². The first-order valence-electron chi connectivity index (χ1n) is 8.45. The van der Waals surface area contributed by atoms with Gasteiger partial charge in [-0.15, -0.1) is 0 Å². The zero-order valence-corrected chi connectivity index (χ0v) is 15.4. The van der Waals surface area contributed by atoms with Crippen LogP contribution in [0.4, 0.5) is 0 Å². The van der Waals surface area contributed by atoms with Crippen molar-refractivity contribution in [2.75, 3.05) is 6.54 Å². The Morgan fingerprint density at radius 1 is 1.17 bits per heavy atom. The molecule has 5 heteroatoms. The quantitative estimate of drug-likeness (QED) is 0.744. The summed E-state index contributed by atoms with van der Waals surface area (Å²) in [6.07, 6.45) is 4.37. The summed E-state index contributed by atoms with van der Waals surface area (Å²) >= 11 is 0. The molecule has 1 aromatic rings. The summed E-state index contributed by atoms with van der Waals surface area (Å²) in [6, 6.07) is 6.45. The van der Waals surface area contributed by atoms with E-state index in [4.69, 9.17) is 0 Å². The summed E-state index contributed by atoms with van der Waals surface area (Å²) in [5.41, 5.74) is 0.242. The fraction of sp³-hybridized carbons (Fsp3) is 0.611.